The Morgan fingerprint density at radius 3 is 2.41 bits per heavy atom. The van der Waals surface area contributed by atoms with E-state index >= 15 is 0 Å². The van der Waals surface area contributed by atoms with Crippen LogP contribution in [0.3, 0.4) is 0 Å². The van der Waals surface area contributed by atoms with E-state index in [0.717, 1.165) is 63.7 Å². The first-order valence-corrected chi connectivity index (χ1v) is 14.7. The van der Waals surface area contributed by atoms with E-state index < -0.39 is 9.84 Å². The molecule has 2 fully saturated rings. The van der Waals surface area contributed by atoms with Crippen molar-refractivity contribution in [2.24, 2.45) is 5.92 Å². The van der Waals surface area contributed by atoms with Gasteiger partial charge in [0.25, 0.3) is 0 Å². The van der Waals surface area contributed by atoms with Crippen molar-refractivity contribution in [1.29, 1.82) is 0 Å². The Morgan fingerprint density at radius 1 is 1.12 bits per heavy atom. The first-order chi connectivity index (χ1) is 16.2. The molecule has 1 aromatic carbocycles. The fourth-order valence-corrected chi connectivity index (χ4v) is 5.52. The van der Waals surface area contributed by atoms with Gasteiger partial charge in [-0.15, -0.1) is 0 Å². The number of carbonyl (C=O) groups is 2. The molecule has 2 amide bonds. The van der Waals surface area contributed by atoms with Crippen molar-refractivity contribution in [2.45, 2.75) is 69.7 Å². The highest BCUT2D eigenvalue weighted by Gasteiger charge is 2.31. The van der Waals surface area contributed by atoms with Gasteiger partial charge in [-0.25, -0.2) is 8.42 Å². The minimum absolute atomic E-state index is 0.169. The van der Waals surface area contributed by atoms with Gasteiger partial charge in [0.2, 0.25) is 11.8 Å². The van der Waals surface area contributed by atoms with Crippen LogP contribution in [0.25, 0.3) is 0 Å². The number of benzene rings is 1. The lowest BCUT2D eigenvalue weighted by molar-refractivity contribution is -0.138. The summed E-state index contributed by atoms with van der Waals surface area (Å²) < 4.78 is 23.3. The van der Waals surface area contributed by atoms with Crippen LogP contribution in [-0.4, -0.2) is 86.5 Å². The third-order valence-corrected chi connectivity index (χ3v) is 8.52. The number of carbonyl (C=O) groups excluding carboxylic acids is 2. The van der Waals surface area contributed by atoms with Crippen LogP contribution >= 0.6 is 0 Å². The molecule has 1 aliphatic carbocycles. The number of likely N-dealkylation sites (N-methyl/N-ethyl adjacent to an activating group) is 1. The van der Waals surface area contributed by atoms with Crippen molar-refractivity contribution < 1.29 is 18.0 Å². The van der Waals surface area contributed by atoms with E-state index in [1.165, 1.54) is 6.26 Å². The summed E-state index contributed by atoms with van der Waals surface area (Å²) in [7, 11) is -3.17. The maximum Gasteiger partial charge on any atom is 0.225 e. The van der Waals surface area contributed by atoms with Crippen LogP contribution in [-0.2, 0) is 25.8 Å². The molecule has 8 heteroatoms. The molecule has 190 valence electrons. The Bertz CT molecular complexity index is 928. The van der Waals surface area contributed by atoms with Gasteiger partial charge in [0.1, 0.15) is 0 Å². The lowest BCUT2D eigenvalue weighted by atomic mass is 9.84. The molecule has 0 aromatic heterocycles. The van der Waals surface area contributed by atoms with Gasteiger partial charge in [-0.3, -0.25) is 9.59 Å². The van der Waals surface area contributed by atoms with Crippen molar-refractivity contribution in [3.05, 3.63) is 29.8 Å². The van der Waals surface area contributed by atoms with Crippen molar-refractivity contribution in [1.82, 2.24) is 14.7 Å². The molecular weight excluding hydrogens is 450 g/mol. The van der Waals surface area contributed by atoms with Crippen LogP contribution < -0.4 is 0 Å². The van der Waals surface area contributed by atoms with Crippen LogP contribution in [0.1, 0.15) is 57.9 Å². The van der Waals surface area contributed by atoms with Gasteiger partial charge >= 0.3 is 0 Å². The Morgan fingerprint density at radius 2 is 1.82 bits per heavy atom. The fraction of sp³-hybridized carbons (Fsp3) is 0.692. The van der Waals surface area contributed by atoms with Crippen LogP contribution in [0.5, 0.6) is 0 Å². The lowest BCUT2D eigenvalue weighted by Crippen LogP contribution is -2.41. The summed E-state index contributed by atoms with van der Waals surface area (Å²) in [6, 6.07) is 7.54. The molecule has 0 radical (unpaired) electrons. The van der Waals surface area contributed by atoms with Gasteiger partial charge in [-0.05, 0) is 69.8 Å². The van der Waals surface area contributed by atoms with Crippen molar-refractivity contribution >= 4 is 21.7 Å². The van der Waals surface area contributed by atoms with Gasteiger partial charge in [-0.1, -0.05) is 25.5 Å². The predicted octanol–water partition coefficient (Wildman–Crippen LogP) is 2.98. The third kappa shape index (κ3) is 7.28. The summed E-state index contributed by atoms with van der Waals surface area (Å²) in [5, 5.41) is 0. The number of amides is 2. The Balaban J connectivity index is 1.40. The highest BCUT2D eigenvalue weighted by Crippen LogP contribution is 2.28. The number of hydrogen-bond donors (Lipinski definition) is 0. The Kier molecular flexibility index (Phi) is 9.54. The van der Waals surface area contributed by atoms with Gasteiger partial charge in [-0.2, -0.15) is 0 Å². The average Bonchev–Trinajstić information content (AvgIpc) is 2.93. The normalized spacial score (nSPS) is 18.6. The predicted molar refractivity (Wildman–Crippen MR) is 134 cm³/mol. The lowest BCUT2D eigenvalue weighted by Gasteiger charge is -2.31. The molecule has 2 aliphatic rings. The molecule has 1 saturated carbocycles. The number of hydrogen-bond acceptors (Lipinski definition) is 5. The van der Waals surface area contributed by atoms with Crippen molar-refractivity contribution in [3.8, 4) is 0 Å². The zero-order valence-electron chi connectivity index (χ0n) is 21.0. The maximum atomic E-state index is 12.6. The molecule has 7 nitrogen and oxygen atoms in total. The van der Waals surface area contributed by atoms with Gasteiger partial charge in [0, 0.05) is 50.8 Å². The molecule has 1 aromatic rings. The van der Waals surface area contributed by atoms with Crippen molar-refractivity contribution in [2.75, 3.05) is 45.5 Å². The van der Waals surface area contributed by atoms with E-state index in [2.05, 4.69) is 18.7 Å². The number of nitrogens with zero attached hydrogens (tertiary/aromatic N) is 3. The largest absolute Gasteiger partial charge is 0.341 e. The van der Waals surface area contributed by atoms with E-state index in [-0.39, 0.29) is 17.7 Å². The molecule has 1 heterocycles. The summed E-state index contributed by atoms with van der Waals surface area (Å²) in [4.78, 5) is 31.7. The first kappa shape index (κ1) is 26.7. The summed E-state index contributed by atoms with van der Waals surface area (Å²) in [5.74, 6) is 0.614. The molecule has 34 heavy (non-hydrogen) atoms. The standard InChI is InChI=1S/C26H41N3O4S/c1-4-27(21(2)20-22-10-12-24(13-11-22)34(3,32)33)15-5-6-16-28-18-19-29(17-14-25(28)30)26(31)23-8-7-9-23/h10-13,21,23H,4-9,14-20H2,1-3H3. The minimum atomic E-state index is -3.17. The summed E-state index contributed by atoms with van der Waals surface area (Å²) in [6.07, 6.45) is 7.67. The first-order valence-electron chi connectivity index (χ1n) is 12.8. The molecule has 0 bridgehead atoms. The zero-order chi connectivity index (χ0) is 24.7. The molecule has 1 atom stereocenters. The quantitative estimate of drug-likeness (QED) is 0.445. The Hall–Kier alpha value is -1.93. The maximum absolute atomic E-state index is 12.6. The molecule has 1 aliphatic heterocycles. The van der Waals surface area contributed by atoms with Crippen LogP contribution in [0.4, 0.5) is 0 Å². The summed E-state index contributed by atoms with van der Waals surface area (Å²) in [6.45, 7) is 8.91. The van der Waals surface area contributed by atoms with Crippen LogP contribution in [0.15, 0.2) is 29.2 Å². The number of sulfone groups is 1. The third-order valence-electron chi connectivity index (χ3n) is 7.39. The smallest absolute Gasteiger partial charge is 0.225 e. The second kappa shape index (κ2) is 12.2. The molecule has 0 spiro atoms. The molecular formula is C26H41N3O4S. The molecule has 0 N–H and O–H groups in total. The van der Waals surface area contributed by atoms with E-state index in [4.69, 9.17) is 0 Å². The highest BCUT2D eigenvalue weighted by molar-refractivity contribution is 7.90. The number of rotatable bonds is 11. The molecule has 3 rings (SSSR count). The van der Waals surface area contributed by atoms with E-state index in [9.17, 15) is 18.0 Å². The molecule has 1 unspecified atom stereocenters. The van der Waals surface area contributed by atoms with Gasteiger partial charge in [0.15, 0.2) is 9.84 Å². The second-order valence-corrected chi connectivity index (χ2v) is 11.9. The Labute approximate surface area is 205 Å². The van der Waals surface area contributed by atoms with Gasteiger partial charge < -0.3 is 14.7 Å². The topological polar surface area (TPSA) is 78.0 Å². The van der Waals surface area contributed by atoms with Crippen LogP contribution in [0, 0.1) is 5.92 Å². The second-order valence-electron chi connectivity index (χ2n) is 9.89. The fourth-order valence-electron chi connectivity index (χ4n) is 4.89. The van der Waals surface area contributed by atoms with Gasteiger partial charge in [0.05, 0.1) is 4.90 Å². The van der Waals surface area contributed by atoms with Crippen molar-refractivity contribution in [3.63, 3.8) is 0 Å². The molecule has 1 saturated heterocycles. The summed E-state index contributed by atoms with van der Waals surface area (Å²) >= 11 is 0. The summed E-state index contributed by atoms with van der Waals surface area (Å²) in [5.41, 5.74) is 1.13. The highest BCUT2D eigenvalue weighted by atomic mass is 32.2. The van der Waals surface area contributed by atoms with Crippen LogP contribution in [0.2, 0.25) is 0 Å². The van der Waals surface area contributed by atoms with E-state index in [0.29, 0.717) is 37.0 Å². The zero-order valence-corrected chi connectivity index (χ0v) is 21.9. The SMILES string of the molecule is CCN(CCCCN1CCN(C(=O)C2CCC2)CCC1=O)C(C)Cc1ccc(S(C)(=O)=O)cc1. The van der Waals surface area contributed by atoms with E-state index in [1.54, 1.807) is 12.1 Å². The minimum Gasteiger partial charge on any atom is -0.341 e. The average molecular weight is 492 g/mol. The number of unbranched alkanes of at least 4 members (excludes halogenated alkanes) is 1. The monoisotopic (exact) mass is 491 g/mol. The van der Waals surface area contributed by atoms with E-state index in [1.807, 2.05) is 21.9 Å².